The summed E-state index contributed by atoms with van der Waals surface area (Å²) in [6.07, 6.45) is 1.44. The van der Waals surface area contributed by atoms with Gasteiger partial charge in [-0.25, -0.2) is 17.5 Å². The van der Waals surface area contributed by atoms with Crippen LogP contribution in [0.15, 0.2) is 29.4 Å². The van der Waals surface area contributed by atoms with Gasteiger partial charge in [-0.05, 0) is 17.7 Å². The Bertz CT molecular complexity index is 713. The number of sulfonamides is 1. The summed E-state index contributed by atoms with van der Waals surface area (Å²) in [5, 5.41) is 7.36. The fourth-order valence-corrected chi connectivity index (χ4v) is 2.63. The third-order valence-corrected chi connectivity index (χ3v) is 4.18. The molecule has 1 heterocycles. The van der Waals surface area contributed by atoms with Crippen molar-refractivity contribution < 1.29 is 12.8 Å². The van der Waals surface area contributed by atoms with E-state index in [1.54, 1.807) is 11.6 Å². The Kier molecular flexibility index (Phi) is 4.12. The molecule has 1 aromatic heterocycles. The zero-order chi connectivity index (χ0) is 14.8. The molecular weight excluding hydrogens is 285 g/mol. The summed E-state index contributed by atoms with van der Waals surface area (Å²) < 4.78 is 41.6. The van der Waals surface area contributed by atoms with Gasteiger partial charge in [-0.2, -0.15) is 0 Å². The molecule has 0 aliphatic carbocycles. The Labute approximate surface area is 115 Å². The van der Waals surface area contributed by atoms with Crippen LogP contribution in [0.3, 0.4) is 0 Å². The summed E-state index contributed by atoms with van der Waals surface area (Å²) in [4.78, 5) is -0.420. The van der Waals surface area contributed by atoms with E-state index in [4.69, 9.17) is 5.73 Å². The first kappa shape index (κ1) is 14.6. The third-order valence-electron chi connectivity index (χ3n) is 2.75. The average Bonchev–Trinajstić information content (AvgIpc) is 2.81. The minimum atomic E-state index is -3.96. The standard InChI is InChI=1S/C11H14FN5O2S/c1-17-7-14-16-11(17)6-15-20(18,19)10-3-2-8(5-13)4-9(10)12/h2-4,7,15H,5-6,13H2,1H3. The molecular formula is C11H14FN5O2S. The van der Waals surface area contributed by atoms with E-state index >= 15 is 0 Å². The van der Waals surface area contributed by atoms with E-state index in [-0.39, 0.29) is 13.1 Å². The van der Waals surface area contributed by atoms with Crippen LogP contribution in [0.4, 0.5) is 4.39 Å². The van der Waals surface area contributed by atoms with E-state index in [9.17, 15) is 12.8 Å². The number of aryl methyl sites for hydroxylation is 1. The SMILES string of the molecule is Cn1cnnc1CNS(=O)(=O)c1ccc(CN)cc1F. The molecule has 2 rings (SSSR count). The van der Waals surface area contributed by atoms with E-state index < -0.39 is 20.7 Å². The molecule has 1 aromatic carbocycles. The first-order valence-corrected chi connectivity index (χ1v) is 7.23. The minimum absolute atomic E-state index is 0.0725. The molecule has 0 radical (unpaired) electrons. The van der Waals surface area contributed by atoms with Gasteiger partial charge in [-0.15, -0.1) is 10.2 Å². The third kappa shape index (κ3) is 3.00. The first-order chi connectivity index (χ1) is 9.44. The Morgan fingerprint density at radius 2 is 2.20 bits per heavy atom. The molecule has 20 heavy (non-hydrogen) atoms. The molecule has 0 saturated carbocycles. The Morgan fingerprint density at radius 3 is 2.75 bits per heavy atom. The number of nitrogens with zero attached hydrogens (tertiary/aromatic N) is 3. The summed E-state index contributed by atoms with van der Waals surface area (Å²) in [5.41, 5.74) is 5.89. The molecule has 2 aromatic rings. The summed E-state index contributed by atoms with van der Waals surface area (Å²) in [7, 11) is -2.27. The van der Waals surface area contributed by atoms with Crippen LogP contribution in [0.25, 0.3) is 0 Å². The Balaban J connectivity index is 2.20. The highest BCUT2D eigenvalue weighted by Gasteiger charge is 2.19. The second kappa shape index (κ2) is 5.65. The van der Waals surface area contributed by atoms with Crippen LogP contribution in [-0.4, -0.2) is 23.2 Å². The van der Waals surface area contributed by atoms with Crippen molar-refractivity contribution in [3.8, 4) is 0 Å². The number of halogens is 1. The van der Waals surface area contributed by atoms with Crippen LogP contribution in [0.1, 0.15) is 11.4 Å². The highest BCUT2D eigenvalue weighted by molar-refractivity contribution is 7.89. The molecule has 3 N–H and O–H groups in total. The van der Waals surface area contributed by atoms with Crippen LogP contribution in [-0.2, 0) is 30.2 Å². The fraction of sp³-hybridized carbons (Fsp3) is 0.273. The van der Waals surface area contributed by atoms with E-state index in [0.29, 0.717) is 11.4 Å². The average molecular weight is 299 g/mol. The zero-order valence-corrected chi connectivity index (χ0v) is 11.6. The molecule has 108 valence electrons. The lowest BCUT2D eigenvalue weighted by Gasteiger charge is -2.08. The topological polar surface area (TPSA) is 103 Å². The van der Waals surface area contributed by atoms with E-state index in [2.05, 4.69) is 14.9 Å². The van der Waals surface area contributed by atoms with Gasteiger partial charge in [0.15, 0.2) is 0 Å². The number of aromatic nitrogens is 3. The molecule has 0 aliphatic heterocycles. The molecule has 7 nitrogen and oxygen atoms in total. The van der Waals surface area contributed by atoms with E-state index in [1.807, 2.05) is 0 Å². The quantitative estimate of drug-likeness (QED) is 0.802. The number of rotatable bonds is 5. The normalized spacial score (nSPS) is 11.8. The predicted octanol–water partition coefficient (Wildman–Crippen LogP) is -0.109. The largest absolute Gasteiger partial charge is 0.326 e. The molecule has 0 bridgehead atoms. The van der Waals surface area contributed by atoms with Gasteiger partial charge in [0, 0.05) is 13.6 Å². The molecule has 0 spiro atoms. The maximum Gasteiger partial charge on any atom is 0.243 e. The Morgan fingerprint density at radius 1 is 1.45 bits per heavy atom. The number of hydrogen-bond donors (Lipinski definition) is 2. The molecule has 0 unspecified atom stereocenters. The predicted molar refractivity (Wildman–Crippen MR) is 69.3 cm³/mol. The van der Waals surface area contributed by atoms with Crippen molar-refractivity contribution in [2.24, 2.45) is 12.8 Å². The summed E-state index contributed by atoms with van der Waals surface area (Å²) in [6.45, 7) is 0.0700. The molecule has 0 fully saturated rings. The van der Waals surface area contributed by atoms with Crippen LogP contribution in [0, 0.1) is 5.82 Å². The maximum atomic E-state index is 13.8. The van der Waals surface area contributed by atoms with Gasteiger partial charge in [0.2, 0.25) is 10.0 Å². The second-order valence-electron chi connectivity index (χ2n) is 4.15. The van der Waals surface area contributed by atoms with Crippen molar-refractivity contribution in [3.63, 3.8) is 0 Å². The van der Waals surface area contributed by atoms with Crippen molar-refractivity contribution in [1.29, 1.82) is 0 Å². The monoisotopic (exact) mass is 299 g/mol. The lowest BCUT2D eigenvalue weighted by Crippen LogP contribution is -2.25. The summed E-state index contributed by atoms with van der Waals surface area (Å²) in [6, 6.07) is 3.77. The number of nitrogens with two attached hydrogens (primary N) is 1. The van der Waals surface area contributed by atoms with E-state index in [0.717, 1.165) is 6.07 Å². The van der Waals surface area contributed by atoms with E-state index in [1.165, 1.54) is 18.5 Å². The van der Waals surface area contributed by atoms with Crippen LogP contribution in [0.5, 0.6) is 0 Å². The number of nitrogens with one attached hydrogen (secondary N) is 1. The van der Waals surface area contributed by atoms with Gasteiger partial charge in [0.05, 0.1) is 6.54 Å². The van der Waals surface area contributed by atoms with Gasteiger partial charge in [0.1, 0.15) is 22.9 Å². The van der Waals surface area contributed by atoms with Crippen molar-refractivity contribution in [3.05, 3.63) is 41.7 Å². The zero-order valence-electron chi connectivity index (χ0n) is 10.7. The molecule has 9 heteroatoms. The van der Waals surface area contributed by atoms with Crippen molar-refractivity contribution in [2.45, 2.75) is 18.0 Å². The van der Waals surface area contributed by atoms with Crippen LogP contribution in [0.2, 0.25) is 0 Å². The van der Waals surface area contributed by atoms with Gasteiger partial charge in [0.25, 0.3) is 0 Å². The second-order valence-corrected chi connectivity index (χ2v) is 5.89. The van der Waals surface area contributed by atoms with Gasteiger partial charge >= 0.3 is 0 Å². The number of hydrogen-bond acceptors (Lipinski definition) is 5. The van der Waals surface area contributed by atoms with Gasteiger partial charge < -0.3 is 10.3 Å². The highest BCUT2D eigenvalue weighted by atomic mass is 32.2. The lowest BCUT2D eigenvalue weighted by molar-refractivity contribution is 0.553. The summed E-state index contributed by atoms with van der Waals surface area (Å²) >= 11 is 0. The molecule has 0 saturated heterocycles. The smallest absolute Gasteiger partial charge is 0.243 e. The van der Waals surface area contributed by atoms with Gasteiger partial charge in [-0.1, -0.05) is 6.07 Å². The van der Waals surface area contributed by atoms with Crippen molar-refractivity contribution >= 4 is 10.0 Å². The van der Waals surface area contributed by atoms with Gasteiger partial charge in [-0.3, -0.25) is 0 Å². The lowest BCUT2D eigenvalue weighted by atomic mass is 10.2. The van der Waals surface area contributed by atoms with Crippen LogP contribution >= 0.6 is 0 Å². The van der Waals surface area contributed by atoms with Crippen LogP contribution < -0.4 is 10.5 Å². The maximum absolute atomic E-state index is 13.8. The highest BCUT2D eigenvalue weighted by Crippen LogP contribution is 2.16. The molecule has 0 amide bonds. The fourth-order valence-electron chi connectivity index (χ4n) is 1.59. The van der Waals surface area contributed by atoms with Crippen molar-refractivity contribution in [2.75, 3.05) is 0 Å². The molecule has 0 atom stereocenters. The van der Waals surface area contributed by atoms with Crippen molar-refractivity contribution in [1.82, 2.24) is 19.5 Å². The number of benzene rings is 1. The molecule has 0 aliphatic rings. The first-order valence-electron chi connectivity index (χ1n) is 5.75. The summed E-state index contributed by atoms with van der Waals surface area (Å²) in [5.74, 6) is -0.411. The minimum Gasteiger partial charge on any atom is -0.326 e. The Hall–Kier alpha value is -1.84.